The molecule has 0 N–H and O–H groups in total. The Morgan fingerprint density at radius 3 is 2.75 bits per heavy atom. The smallest absolute Gasteiger partial charge is 0.187 e. The molecule has 1 saturated heterocycles. The Morgan fingerprint density at radius 2 is 1.94 bits per heavy atom. The van der Waals surface area contributed by atoms with E-state index >= 15 is 0 Å². The molecular formula is C12H10ClNO2. The minimum atomic E-state index is -0.371. The van der Waals surface area contributed by atoms with Crippen molar-refractivity contribution in [3.05, 3.63) is 41.0 Å². The monoisotopic (exact) mass is 235 g/mol. The summed E-state index contributed by atoms with van der Waals surface area (Å²) in [6.45, 7) is 1.21. The summed E-state index contributed by atoms with van der Waals surface area (Å²) in [7, 11) is 0. The maximum Gasteiger partial charge on any atom is 0.187 e. The fourth-order valence-electron chi connectivity index (χ4n) is 1.81. The van der Waals surface area contributed by atoms with Crippen molar-refractivity contribution in [1.29, 1.82) is 0 Å². The van der Waals surface area contributed by atoms with E-state index in [1.54, 1.807) is 0 Å². The van der Waals surface area contributed by atoms with Crippen molar-refractivity contribution in [2.45, 2.75) is 6.29 Å². The van der Waals surface area contributed by atoms with Crippen LogP contribution in [0.2, 0.25) is 5.15 Å². The lowest BCUT2D eigenvalue weighted by molar-refractivity contribution is -0.0441. The second-order valence-electron chi connectivity index (χ2n) is 3.63. The number of rotatable bonds is 1. The van der Waals surface area contributed by atoms with Gasteiger partial charge in [0.2, 0.25) is 0 Å². The second-order valence-corrected chi connectivity index (χ2v) is 3.99. The molecule has 2 aromatic rings. The van der Waals surface area contributed by atoms with Crippen molar-refractivity contribution >= 4 is 22.5 Å². The summed E-state index contributed by atoms with van der Waals surface area (Å²) in [6.07, 6.45) is -0.371. The molecule has 0 saturated carbocycles. The average Bonchev–Trinajstić information content (AvgIpc) is 2.81. The Labute approximate surface area is 98.0 Å². The first-order valence-electron chi connectivity index (χ1n) is 5.13. The molecule has 1 aliphatic heterocycles. The minimum absolute atomic E-state index is 0.371. The number of nitrogens with zero attached hydrogens (tertiary/aromatic N) is 1. The molecule has 1 aliphatic rings. The third-order valence-electron chi connectivity index (χ3n) is 2.58. The van der Waals surface area contributed by atoms with Crippen molar-refractivity contribution in [2.75, 3.05) is 13.2 Å². The fraction of sp³-hybridized carbons (Fsp3) is 0.250. The summed E-state index contributed by atoms with van der Waals surface area (Å²) >= 11 is 6.11. The molecule has 0 atom stereocenters. The molecule has 4 heteroatoms. The molecule has 0 radical (unpaired) electrons. The summed E-state index contributed by atoms with van der Waals surface area (Å²) < 4.78 is 10.8. The Morgan fingerprint density at radius 1 is 1.19 bits per heavy atom. The van der Waals surface area contributed by atoms with E-state index in [-0.39, 0.29) is 6.29 Å². The number of ether oxygens (including phenoxy) is 2. The van der Waals surface area contributed by atoms with Crippen molar-refractivity contribution in [3.8, 4) is 0 Å². The van der Waals surface area contributed by atoms with Gasteiger partial charge in [-0.25, -0.2) is 4.98 Å². The van der Waals surface area contributed by atoms with Gasteiger partial charge in [0.15, 0.2) is 6.29 Å². The maximum atomic E-state index is 6.11. The summed E-state index contributed by atoms with van der Waals surface area (Å²) in [6, 6.07) is 9.81. The molecule has 1 aromatic carbocycles. The van der Waals surface area contributed by atoms with Gasteiger partial charge in [0.25, 0.3) is 0 Å². The minimum Gasteiger partial charge on any atom is -0.346 e. The third-order valence-corrected chi connectivity index (χ3v) is 2.88. The normalized spacial score (nSPS) is 17.1. The van der Waals surface area contributed by atoms with Gasteiger partial charge in [-0.2, -0.15) is 0 Å². The SMILES string of the molecule is Clc1nc2ccccc2cc1C1OCCO1. The number of para-hydroxylation sites is 1. The van der Waals surface area contributed by atoms with Crippen molar-refractivity contribution < 1.29 is 9.47 Å². The van der Waals surface area contributed by atoms with Crippen LogP contribution in [0.5, 0.6) is 0 Å². The molecule has 3 rings (SSSR count). The highest BCUT2D eigenvalue weighted by atomic mass is 35.5. The quantitative estimate of drug-likeness (QED) is 0.713. The largest absolute Gasteiger partial charge is 0.346 e. The number of aromatic nitrogens is 1. The van der Waals surface area contributed by atoms with E-state index in [9.17, 15) is 0 Å². The van der Waals surface area contributed by atoms with Crippen molar-refractivity contribution in [3.63, 3.8) is 0 Å². The Hall–Kier alpha value is -1.16. The lowest BCUT2D eigenvalue weighted by Gasteiger charge is -2.11. The van der Waals surface area contributed by atoms with E-state index in [2.05, 4.69) is 4.98 Å². The van der Waals surface area contributed by atoms with Crippen LogP contribution in [0.4, 0.5) is 0 Å². The number of pyridine rings is 1. The molecular weight excluding hydrogens is 226 g/mol. The zero-order valence-electron chi connectivity index (χ0n) is 8.52. The van der Waals surface area contributed by atoms with Gasteiger partial charge in [0.05, 0.1) is 18.7 Å². The number of fused-ring (bicyclic) bond motifs is 1. The molecule has 82 valence electrons. The Kier molecular flexibility index (Phi) is 2.52. The summed E-state index contributed by atoms with van der Waals surface area (Å²) in [4.78, 5) is 4.33. The van der Waals surface area contributed by atoms with Crippen LogP contribution in [0, 0.1) is 0 Å². The topological polar surface area (TPSA) is 31.4 Å². The van der Waals surface area contributed by atoms with Crippen LogP contribution in [-0.4, -0.2) is 18.2 Å². The van der Waals surface area contributed by atoms with Crippen LogP contribution < -0.4 is 0 Å². The molecule has 0 spiro atoms. The molecule has 16 heavy (non-hydrogen) atoms. The van der Waals surface area contributed by atoms with Gasteiger partial charge in [-0.05, 0) is 12.1 Å². The van der Waals surface area contributed by atoms with Gasteiger partial charge in [-0.3, -0.25) is 0 Å². The molecule has 0 amide bonds. The van der Waals surface area contributed by atoms with Crippen LogP contribution in [0.1, 0.15) is 11.9 Å². The number of halogens is 1. The van der Waals surface area contributed by atoms with E-state index < -0.39 is 0 Å². The van der Waals surface area contributed by atoms with Crippen LogP contribution in [0.15, 0.2) is 30.3 Å². The number of benzene rings is 1. The first-order chi connectivity index (χ1) is 7.84. The highest BCUT2D eigenvalue weighted by molar-refractivity contribution is 6.30. The van der Waals surface area contributed by atoms with Gasteiger partial charge in [-0.15, -0.1) is 0 Å². The van der Waals surface area contributed by atoms with Gasteiger partial charge >= 0.3 is 0 Å². The summed E-state index contributed by atoms with van der Waals surface area (Å²) in [5.41, 5.74) is 1.69. The van der Waals surface area contributed by atoms with Gasteiger partial charge in [-0.1, -0.05) is 29.8 Å². The average molecular weight is 236 g/mol. The van der Waals surface area contributed by atoms with Gasteiger partial charge in [0.1, 0.15) is 5.15 Å². The number of hydrogen-bond donors (Lipinski definition) is 0. The molecule has 0 unspecified atom stereocenters. The third kappa shape index (κ3) is 1.67. The molecule has 0 aliphatic carbocycles. The lowest BCUT2D eigenvalue weighted by Crippen LogP contribution is -2.00. The van der Waals surface area contributed by atoms with Gasteiger partial charge in [0, 0.05) is 10.9 Å². The van der Waals surface area contributed by atoms with E-state index in [0.29, 0.717) is 18.4 Å². The predicted molar refractivity (Wildman–Crippen MR) is 61.4 cm³/mol. The van der Waals surface area contributed by atoms with Crippen LogP contribution >= 0.6 is 11.6 Å². The summed E-state index contributed by atoms with van der Waals surface area (Å²) in [5.74, 6) is 0. The fourth-order valence-corrected chi connectivity index (χ4v) is 2.05. The predicted octanol–water partition coefficient (Wildman–Crippen LogP) is 2.93. The van der Waals surface area contributed by atoms with Gasteiger partial charge < -0.3 is 9.47 Å². The molecule has 2 heterocycles. The first-order valence-corrected chi connectivity index (χ1v) is 5.51. The van der Waals surface area contributed by atoms with Crippen molar-refractivity contribution in [1.82, 2.24) is 4.98 Å². The zero-order chi connectivity index (χ0) is 11.0. The highest BCUT2D eigenvalue weighted by Crippen LogP contribution is 2.30. The van der Waals surface area contributed by atoms with Crippen LogP contribution in [0.3, 0.4) is 0 Å². The lowest BCUT2D eigenvalue weighted by atomic mass is 10.1. The second kappa shape index (κ2) is 4.01. The van der Waals surface area contributed by atoms with E-state index in [0.717, 1.165) is 16.5 Å². The molecule has 1 aromatic heterocycles. The van der Waals surface area contributed by atoms with E-state index in [4.69, 9.17) is 21.1 Å². The summed E-state index contributed by atoms with van der Waals surface area (Å²) in [5, 5.41) is 1.49. The first kappa shape index (κ1) is 10.0. The Balaban J connectivity index is 2.13. The number of hydrogen-bond acceptors (Lipinski definition) is 3. The van der Waals surface area contributed by atoms with Crippen LogP contribution in [-0.2, 0) is 9.47 Å². The Bertz CT molecular complexity index is 523. The highest BCUT2D eigenvalue weighted by Gasteiger charge is 2.22. The zero-order valence-corrected chi connectivity index (χ0v) is 9.28. The van der Waals surface area contributed by atoms with Crippen molar-refractivity contribution in [2.24, 2.45) is 0 Å². The van der Waals surface area contributed by atoms with Crippen LogP contribution in [0.25, 0.3) is 10.9 Å². The van der Waals surface area contributed by atoms with E-state index in [1.165, 1.54) is 0 Å². The molecule has 0 bridgehead atoms. The van der Waals surface area contributed by atoms with E-state index in [1.807, 2.05) is 30.3 Å². The molecule has 1 fully saturated rings. The molecule has 3 nitrogen and oxygen atoms in total. The standard InChI is InChI=1S/C12H10ClNO2/c13-11-9(12-15-5-6-16-12)7-8-3-1-2-4-10(8)14-11/h1-4,7,12H,5-6H2. The maximum absolute atomic E-state index is 6.11.